The fourth-order valence-electron chi connectivity index (χ4n) is 3.92. The van der Waals surface area contributed by atoms with E-state index in [2.05, 4.69) is 10.3 Å². The van der Waals surface area contributed by atoms with E-state index in [0.717, 1.165) is 5.56 Å². The molecule has 2 aromatic rings. The van der Waals surface area contributed by atoms with Gasteiger partial charge in [0.2, 0.25) is 0 Å². The molecule has 1 aromatic carbocycles. The maximum absolute atomic E-state index is 13.3. The van der Waals surface area contributed by atoms with Crippen molar-refractivity contribution in [3.05, 3.63) is 53.9 Å². The number of pyridine rings is 1. The Hall–Kier alpha value is -3.71. The van der Waals surface area contributed by atoms with Gasteiger partial charge in [-0.1, -0.05) is 17.7 Å². The van der Waals surface area contributed by atoms with Gasteiger partial charge in [0.15, 0.2) is 0 Å². The highest BCUT2D eigenvalue weighted by Gasteiger charge is 2.35. The quantitative estimate of drug-likeness (QED) is 0.128. The molecule has 1 aromatic heterocycles. The molecule has 0 fully saturated rings. The first-order chi connectivity index (χ1) is 21.0. The van der Waals surface area contributed by atoms with Gasteiger partial charge in [-0.3, -0.25) is 14.0 Å². The molecule has 46 heavy (non-hydrogen) atoms. The van der Waals surface area contributed by atoms with Crippen LogP contribution < -0.4 is 10.1 Å². The van der Waals surface area contributed by atoms with Crippen LogP contribution in [0.25, 0.3) is 0 Å². The summed E-state index contributed by atoms with van der Waals surface area (Å²) in [7, 11) is -3.92. The highest BCUT2D eigenvalue weighted by Crippen LogP contribution is 2.23. The van der Waals surface area contributed by atoms with E-state index in [1.807, 2.05) is 6.92 Å². The van der Waals surface area contributed by atoms with Crippen LogP contribution in [0.4, 0.5) is 4.79 Å². The Morgan fingerprint density at radius 3 is 1.87 bits per heavy atom. The summed E-state index contributed by atoms with van der Waals surface area (Å²) in [6, 6.07) is 8.36. The number of ether oxygens (including phenoxy) is 4. The van der Waals surface area contributed by atoms with Gasteiger partial charge in [0.1, 0.15) is 41.8 Å². The lowest BCUT2D eigenvalue weighted by atomic mass is 9.94. The minimum Gasteiger partial charge on any atom is -0.490 e. The molecule has 0 saturated heterocycles. The van der Waals surface area contributed by atoms with E-state index in [1.54, 1.807) is 86.6 Å². The number of carbonyl (C=O) groups is 3. The van der Waals surface area contributed by atoms with E-state index < -0.39 is 56.9 Å². The van der Waals surface area contributed by atoms with Gasteiger partial charge in [0.05, 0.1) is 17.0 Å². The summed E-state index contributed by atoms with van der Waals surface area (Å²) in [5.74, 6) is -1.85. The van der Waals surface area contributed by atoms with Crippen molar-refractivity contribution in [3.8, 4) is 5.75 Å². The molecule has 12 nitrogen and oxygen atoms in total. The molecule has 256 valence electrons. The molecule has 0 bridgehead atoms. The van der Waals surface area contributed by atoms with Crippen molar-refractivity contribution < 1.29 is 45.9 Å². The molecule has 1 N–H and O–H groups in total. The van der Waals surface area contributed by atoms with Crippen molar-refractivity contribution in [2.24, 2.45) is 5.92 Å². The van der Waals surface area contributed by atoms with Crippen molar-refractivity contribution in [3.63, 3.8) is 0 Å². The second-order valence-electron chi connectivity index (χ2n) is 13.8. The molecule has 0 aliphatic heterocycles. The molecule has 0 spiro atoms. The number of aryl methyl sites for hydroxylation is 1. The topological polar surface area (TPSA) is 156 Å². The molecule has 0 aliphatic rings. The van der Waals surface area contributed by atoms with Gasteiger partial charge in [-0.25, -0.2) is 9.59 Å². The fourth-order valence-corrected chi connectivity index (χ4v) is 4.81. The molecule has 0 saturated carbocycles. The number of rotatable bonds is 13. The second-order valence-corrected chi connectivity index (χ2v) is 15.4. The first kappa shape index (κ1) is 38.5. The third-order valence-electron chi connectivity index (χ3n) is 5.80. The van der Waals surface area contributed by atoms with Crippen molar-refractivity contribution in [1.29, 1.82) is 0 Å². The van der Waals surface area contributed by atoms with Crippen molar-refractivity contribution in [1.82, 2.24) is 10.3 Å². The Labute approximate surface area is 272 Å². The highest BCUT2D eigenvalue weighted by molar-refractivity contribution is 7.86. The Morgan fingerprint density at radius 2 is 1.35 bits per heavy atom. The SMILES string of the molecule is Cc1ccc(S(=O)(=O)OCCOc2ccc(CC(CC(NC(=O)OC(C)(C)C)C(=O)OC(C)(C)C)C(=O)OC(C)(C)C)nc2)cc1. The largest absolute Gasteiger partial charge is 0.490 e. The van der Waals surface area contributed by atoms with Crippen molar-refractivity contribution in [2.75, 3.05) is 13.2 Å². The number of esters is 2. The number of benzene rings is 1. The maximum atomic E-state index is 13.3. The summed E-state index contributed by atoms with van der Waals surface area (Å²) in [5.41, 5.74) is -1.06. The van der Waals surface area contributed by atoms with Gasteiger partial charge in [0, 0.05) is 12.1 Å². The molecule has 0 aliphatic carbocycles. The Bertz CT molecular complexity index is 1420. The standard InChI is InChI=1S/C33H48N2O10S/c1-22-11-15-26(16-12-22)46(39,40)42-18-17-41-25-14-13-24(34-21-25)19-23(28(36)43-31(2,3)4)20-27(29(37)44-32(5,6)7)35-30(38)45-33(8,9)10/h11-16,21,23,27H,17-20H2,1-10H3,(H,35,38). The van der Waals surface area contributed by atoms with E-state index in [4.69, 9.17) is 23.1 Å². The second kappa shape index (κ2) is 15.7. The molecule has 2 unspecified atom stereocenters. The van der Waals surface area contributed by atoms with Crippen LogP contribution in [0.15, 0.2) is 47.5 Å². The third kappa shape index (κ3) is 14.6. The van der Waals surface area contributed by atoms with Crippen molar-refractivity contribution >= 4 is 28.1 Å². The van der Waals surface area contributed by atoms with E-state index >= 15 is 0 Å². The molecule has 0 radical (unpaired) electrons. The van der Waals surface area contributed by atoms with E-state index in [-0.39, 0.29) is 31.0 Å². The molecule has 1 heterocycles. The van der Waals surface area contributed by atoms with Crippen LogP contribution in [-0.4, -0.2) is 67.5 Å². The number of nitrogens with zero attached hydrogens (tertiary/aromatic N) is 1. The minimum atomic E-state index is -3.92. The first-order valence-corrected chi connectivity index (χ1v) is 16.4. The van der Waals surface area contributed by atoms with Crippen LogP contribution in [-0.2, 0) is 44.5 Å². The van der Waals surface area contributed by atoms with Gasteiger partial charge < -0.3 is 24.3 Å². The molecule has 2 atom stereocenters. The van der Waals surface area contributed by atoms with Gasteiger partial charge in [0.25, 0.3) is 10.1 Å². The normalized spacial score (nSPS) is 13.7. The average molecular weight is 665 g/mol. The van der Waals surface area contributed by atoms with Crippen LogP contribution in [0.3, 0.4) is 0 Å². The summed E-state index contributed by atoms with van der Waals surface area (Å²) < 4.78 is 51.9. The molecule has 13 heteroatoms. The Balaban J connectivity index is 2.15. The average Bonchev–Trinajstić information content (AvgIpc) is 2.88. The lowest BCUT2D eigenvalue weighted by Gasteiger charge is -2.29. The third-order valence-corrected chi connectivity index (χ3v) is 7.12. The summed E-state index contributed by atoms with van der Waals surface area (Å²) >= 11 is 0. The molecular weight excluding hydrogens is 616 g/mol. The number of amides is 1. The van der Waals surface area contributed by atoms with Gasteiger partial charge in [-0.2, -0.15) is 8.42 Å². The van der Waals surface area contributed by atoms with E-state index in [9.17, 15) is 22.8 Å². The zero-order valence-corrected chi connectivity index (χ0v) is 29.3. The van der Waals surface area contributed by atoms with Gasteiger partial charge in [-0.05, 0) is 99.9 Å². The van der Waals surface area contributed by atoms with Crippen LogP contribution in [0, 0.1) is 12.8 Å². The van der Waals surface area contributed by atoms with Gasteiger partial charge >= 0.3 is 18.0 Å². The molecular formula is C33H48N2O10S. The number of hydrogen-bond acceptors (Lipinski definition) is 11. The van der Waals surface area contributed by atoms with Crippen LogP contribution >= 0.6 is 0 Å². The fraction of sp³-hybridized carbons (Fsp3) is 0.576. The summed E-state index contributed by atoms with van der Waals surface area (Å²) in [5, 5.41) is 2.55. The predicted octanol–water partition coefficient (Wildman–Crippen LogP) is 5.30. The zero-order chi connectivity index (χ0) is 34.9. The van der Waals surface area contributed by atoms with Crippen molar-refractivity contribution in [2.45, 2.75) is 110 Å². The number of carbonyl (C=O) groups excluding carboxylic acids is 3. The lowest BCUT2D eigenvalue weighted by Crippen LogP contribution is -2.48. The number of nitrogens with one attached hydrogen (secondary N) is 1. The minimum absolute atomic E-state index is 0.0545. The van der Waals surface area contributed by atoms with Crippen LogP contribution in [0.5, 0.6) is 5.75 Å². The Kier molecular flexibility index (Phi) is 13.2. The smallest absolute Gasteiger partial charge is 0.408 e. The summed E-state index contributed by atoms with van der Waals surface area (Å²) in [6.45, 7) is 16.9. The molecule has 1 amide bonds. The first-order valence-electron chi connectivity index (χ1n) is 15.0. The maximum Gasteiger partial charge on any atom is 0.408 e. The van der Waals surface area contributed by atoms with Crippen LogP contribution in [0.2, 0.25) is 0 Å². The number of hydrogen-bond donors (Lipinski definition) is 1. The lowest BCUT2D eigenvalue weighted by molar-refractivity contribution is -0.162. The van der Waals surface area contributed by atoms with E-state index in [1.165, 1.54) is 18.3 Å². The Morgan fingerprint density at radius 1 is 0.783 bits per heavy atom. The van der Waals surface area contributed by atoms with Gasteiger partial charge in [-0.15, -0.1) is 0 Å². The monoisotopic (exact) mass is 664 g/mol. The number of alkyl carbamates (subject to hydrolysis) is 1. The van der Waals surface area contributed by atoms with Crippen LogP contribution in [0.1, 0.15) is 80.0 Å². The predicted molar refractivity (Wildman–Crippen MR) is 171 cm³/mol. The van der Waals surface area contributed by atoms with E-state index in [0.29, 0.717) is 11.4 Å². The highest BCUT2D eigenvalue weighted by atomic mass is 32.2. The molecule has 2 rings (SSSR count). The zero-order valence-electron chi connectivity index (χ0n) is 28.5. The summed E-state index contributed by atoms with van der Waals surface area (Å²) in [6.07, 6.45) is 0.528. The number of aromatic nitrogens is 1. The summed E-state index contributed by atoms with van der Waals surface area (Å²) in [4.78, 5) is 43.6.